The van der Waals surface area contributed by atoms with Gasteiger partial charge in [0.25, 0.3) is 0 Å². The third-order valence-electron chi connectivity index (χ3n) is 5.02. The summed E-state index contributed by atoms with van der Waals surface area (Å²) in [6.45, 7) is 5.53. The normalized spacial score (nSPS) is 15.0. The Hall–Kier alpha value is -1.86. The third kappa shape index (κ3) is 5.58. The molecule has 6 nitrogen and oxygen atoms in total. The molecule has 1 aromatic carbocycles. The Balaban J connectivity index is 0.00000196. The van der Waals surface area contributed by atoms with E-state index in [9.17, 15) is 4.79 Å². The summed E-state index contributed by atoms with van der Waals surface area (Å²) in [5.74, 6) is 1.14. The molecule has 2 aromatic rings. The van der Waals surface area contributed by atoms with Crippen molar-refractivity contribution in [1.82, 2.24) is 4.98 Å². The fourth-order valence-electron chi connectivity index (χ4n) is 2.96. The van der Waals surface area contributed by atoms with Crippen LogP contribution in [0.15, 0.2) is 36.5 Å². The van der Waals surface area contributed by atoms with Gasteiger partial charge < -0.3 is 20.5 Å². The van der Waals surface area contributed by atoms with E-state index in [1.165, 1.54) is 5.56 Å². The molecule has 0 unspecified atom stereocenters. The number of rotatable bonds is 5. The molecular formula is C20H27Cl2N3O3. The fraction of sp³-hybridized carbons (Fsp3) is 0.400. The van der Waals surface area contributed by atoms with Crippen LogP contribution in [-0.4, -0.2) is 30.6 Å². The van der Waals surface area contributed by atoms with Gasteiger partial charge in [-0.3, -0.25) is 4.79 Å². The Labute approximate surface area is 178 Å². The highest BCUT2D eigenvalue weighted by molar-refractivity contribution is 5.95. The molecule has 154 valence electrons. The van der Waals surface area contributed by atoms with Gasteiger partial charge in [0.2, 0.25) is 11.8 Å². The first-order valence-electron chi connectivity index (χ1n) is 8.83. The van der Waals surface area contributed by atoms with E-state index >= 15 is 0 Å². The summed E-state index contributed by atoms with van der Waals surface area (Å²) in [4.78, 5) is 16.9. The van der Waals surface area contributed by atoms with Crippen LogP contribution in [0.3, 0.4) is 0 Å². The van der Waals surface area contributed by atoms with Gasteiger partial charge in [0, 0.05) is 25.8 Å². The predicted octanol–water partition coefficient (Wildman–Crippen LogP) is 4.03. The molecule has 1 aliphatic heterocycles. The summed E-state index contributed by atoms with van der Waals surface area (Å²) in [7, 11) is 0. The van der Waals surface area contributed by atoms with E-state index in [1.54, 1.807) is 18.3 Å². The Morgan fingerprint density at radius 1 is 1.18 bits per heavy atom. The number of nitrogens with zero attached hydrogens (tertiary/aromatic N) is 1. The Kier molecular flexibility index (Phi) is 9.17. The number of amides is 1. The number of benzene rings is 1. The van der Waals surface area contributed by atoms with E-state index in [1.807, 2.05) is 25.1 Å². The number of hydrogen-bond acceptors (Lipinski definition) is 5. The predicted molar refractivity (Wildman–Crippen MR) is 115 cm³/mol. The van der Waals surface area contributed by atoms with Gasteiger partial charge in [-0.25, -0.2) is 4.98 Å². The number of hydrogen-bond donors (Lipinski definition) is 2. The minimum Gasteiger partial charge on any atom is -0.439 e. The highest BCUT2D eigenvalue weighted by atomic mass is 35.5. The summed E-state index contributed by atoms with van der Waals surface area (Å²) in [5.41, 5.74) is 8.31. The molecule has 2 heterocycles. The maximum atomic E-state index is 12.7. The van der Waals surface area contributed by atoms with Crippen LogP contribution in [0.25, 0.3) is 0 Å². The fourth-order valence-corrected chi connectivity index (χ4v) is 2.96. The van der Waals surface area contributed by atoms with Crippen molar-refractivity contribution in [2.24, 2.45) is 11.1 Å². The molecule has 1 fully saturated rings. The number of aromatic nitrogens is 1. The molecule has 0 aliphatic carbocycles. The Morgan fingerprint density at radius 2 is 1.89 bits per heavy atom. The van der Waals surface area contributed by atoms with E-state index in [0.29, 0.717) is 44.2 Å². The second-order valence-corrected chi connectivity index (χ2v) is 6.78. The van der Waals surface area contributed by atoms with E-state index in [4.69, 9.17) is 15.2 Å². The lowest BCUT2D eigenvalue weighted by Gasteiger charge is -2.34. The van der Waals surface area contributed by atoms with E-state index in [2.05, 4.69) is 17.2 Å². The number of carbonyl (C=O) groups is 1. The second kappa shape index (κ2) is 10.6. The molecule has 0 saturated carbocycles. The average Bonchev–Trinajstić information content (AvgIpc) is 2.67. The van der Waals surface area contributed by atoms with E-state index in [-0.39, 0.29) is 30.7 Å². The number of halogens is 2. The van der Waals surface area contributed by atoms with Crippen LogP contribution >= 0.6 is 24.8 Å². The number of pyridine rings is 1. The SMILES string of the molecule is Cc1ccc(Oc2ccc(NC(=O)C3(CN)CCOCC3)cn2)cc1C.Cl.Cl. The van der Waals surface area contributed by atoms with Crippen molar-refractivity contribution in [1.29, 1.82) is 0 Å². The highest BCUT2D eigenvalue weighted by Gasteiger charge is 2.38. The van der Waals surface area contributed by atoms with Crippen LogP contribution in [0.4, 0.5) is 5.69 Å². The Bertz CT molecular complexity index is 779. The largest absolute Gasteiger partial charge is 0.439 e. The van der Waals surface area contributed by atoms with Crippen molar-refractivity contribution < 1.29 is 14.3 Å². The zero-order chi connectivity index (χ0) is 18.6. The van der Waals surface area contributed by atoms with Crippen molar-refractivity contribution in [3.8, 4) is 11.6 Å². The minimum atomic E-state index is -0.563. The summed E-state index contributed by atoms with van der Waals surface area (Å²) in [5, 5.41) is 2.92. The molecule has 1 saturated heterocycles. The second-order valence-electron chi connectivity index (χ2n) is 6.78. The first-order valence-corrected chi connectivity index (χ1v) is 8.83. The average molecular weight is 428 g/mol. The van der Waals surface area contributed by atoms with Crippen LogP contribution in [0.5, 0.6) is 11.6 Å². The van der Waals surface area contributed by atoms with Crippen molar-refractivity contribution in [2.75, 3.05) is 25.1 Å². The van der Waals surface area contributed by atoms with E-state index in [0.717, 1.165) is 11.3 Å². The zero-order valence-corrected chi connectivity index (χ0v) is 17.7. The number of anilines is 1. The summed E-state index contributed by atoms with van der Waals surface area (Å²) < 4.78 is 11.1. The van der Waals surface area contributed by atoms with Crippen molar-refractivity contribution in [3.05, 3.63) is 47.7 Å². The summed E-state index contributed by atoms with van der Waals surface area (Å²) in [6.07, 6.45) is 2.87. The number of nitrogens with one attached hydrogen (secondary N) is 1. The third-order valence-corrected chi connectivity index (χ3v) is 5.02. The molecule has 1 amide bonds. The highest BCUT2D eigenvalue weighted by Crippen LogP contribution is 2.31. The maximum absolute atomic E-state index is 12.7. The van der Waals surface area contributed by atoms with Crippen LogP contribution in [-0.2, 0) is 9.53 Å². The number of ether oxygens (including phenoxy) is 2. The lowest BCUT2D eigenvalue weighted by Crippen LogP contribution is -2.46. The van der Waals surface area contributed by atoms with E-state index < -0.39 is 5.41 Å². The Morgan fingerprint density at radius 3 is 2.46 bits per heavy atom. The van der Waals surface area contributed by atoms with Gasteiger partial charge in [0.05, 0.1) is 17.3 Å². The van der Waals surface area contributed by atoms with Gasteiger partial charge in [0.15, 0.2) is 0 Å². The van der Waals surface area contributed by atoms with Crippen LogP contribution in [0, 0.1) is 19.3 Å². The van der Waals surface area contributed by atoms with Crippen LogP contribution in [0.2, 0.25) is 0 Å². The topological polar surface area (TPSA) is 86.5 Å². The van der Waals surface area contributed by atoms with Gasteiger partial charge in [-0.05, 0) is 56.0 Å². The quantitative estimate of drug-likeness (QED) is 0.751. The van der Waals surface area contributed by atoms with Gasteiger partial charge in [-0.15, -0.1) is 24.8 Å². The van der Waals surface area contributed by atoms with Gasteiger partial charge in [-0.1, -0.05) is 6.07 Å². The molecule has 1 aromatic heterocycles. The maximum Gasteiger partial charge on any atom is 0.232 e. The molecule has 0 radical (unpaired) electrons. The molecule has 0 atom stereocenters. The summed E-state index contributed by atoms with van der Waals surface area (Å²) >= 11 is 0. The van der Waals surface area contributed by atoms with Crippen molar-refractivity contribution in [3.63, 3.8) is 0 Å². The molecule has 3 rings (SSSR count). The molecule has 3 N–H and O–H groups in total. The van der Waals surface area contributed by atoms with Crippen molar-refractivity contribution in [2.45, 2.75) is 26.7 Å². The number of aryl methyl sites for hydroxylation is 2. The zero-order valence-electron chi connectivity index (χ0n) is 16.1. The lowest BCUT2D eigenvalue weighted by atomic mass is 9.79. The standard InChI is InChI=1S/C20H25N3O3.2ClH/c1-14-3-5-17(11-15(14)2)26-18-6-4-16(12-22-18)23-19(24)20(13-21)7-9-25-10-8-20;;/h3-6,11-12H,7-10,13,21H2,1-2H3,(H,23,24);2*1H. The molecule has 1 aliphatic rings. The lowest BCUT2D eigenvalue weighted by molar-refractivity contribution is -0.130. The first kappa shape index (κ1) is 24.2. The smallest absolute Gasteiger partial charge is 0.232 e. The van der Waals surface area contributed by atoms with Gasteiger partial charge in [0.1, 0.15) is 5.75 Å². The molecule has 0 bridgehead atoms. The minimum absolute atomic E-state index is 0. The monoisotopic (exact) mass is 427 g/mol. The molecule has 0 spiro atoms. The first-order chi connectivity index (χ1) is 12.5. The molecular weight excluding hydrogens is 401 g/mol. The van der Waals surface area contributed by atoms with Crippen LogP contribution < -0.4 is 15.8 Å². The van der Waals surface area contributed by atoms with Crippen molar-refractivity contribution >= 4 is 36.4 Å². The van der Waals surface area contributed by atoms with Crippen LogP contribution in [0.1, 0.15) is 24.0 Å². The van der Waals surface area contributed by atoms with Gasteiger partial charge >= 0.3 is 0 Å². The number of carbonyl (C=O) groups excluding carboxylic acids is 1. The molecule has 8 heteroatoms. The van der Waals surface area contributed by atoms with Gasteiger partial charge in [-0.2, -0.15) is 0 Å². The molecule has 28 heavy (non-hydrogen) atoms. The summed E-state index contributed by atoms with van der Waals surface area (Å²) in [6, 6.07) is 9.42. The number of nitrogens with two attached hydrogens (primary N) is 1.